The van der Waals surface area contributed by atoms with E-state index in [1.54, 1.807) is 19.1 Å². The summed E-state index contributed by atoms with van der Waals surface area (Å²) < 4.78 is 26.2. The number of amides is 1. The minimum absolute atomic E-state index is 0.262. The number of hydrogen-bond donors (Lipinski definition) is 1. The van der Waals surface area contributed by atoms with E-state index in [-0.39, 0.29) is 5.91 Å². The van der Waals surface area contributed by atoms with E-state index in [9.17, 15) is 13.6 Å². The van der Waals surface area contributed by atoms with Crippen LogP contribution in [-0.2, 0) is 0 Å². The lowest BCUT2D eigenvalue weighted by Crippen LogP contribution is -2.26. The number of benzene rings is 2. The maximum Gasteiger partial charge on any atom is 0.251 e. The first-order valence-corrected chi connectivity index (χ1v) is 6.91. The predicted octanol–water partition coefficient (Wildman–Crippen LogP) is 3.52. The standard InChI is InChI=1S/C17H18F2N2O/c1-11(13-6-9-15(18)16(19)10-13)20-17(22)12-4-7-14(8-5-12)21(2)3/h4-11H,1-3H3,(H,20,22)/t11-/m0/s1. The van der Waals surface area contributed by atoms with E-state index in [1.807, 2.05) is 31.1 Å². The molecule has 0 aromatic heterocycles. The Morgan fingerprint density at radius 2 is 1.68 bits per heavy atom. The summed E-state index contributed by atoms with van der Waals surface area (Å²) in [5.41, 5.74) is 2.02. The van der Waals surface area contributed by atoms with Crippen molar-refractivity contribution in [2.24, 2.45) is 0 Å². The van der Waals surface area contributed by atoms with E-state index in [0.717, 1.165) is 17.8 Å². The van der Waals surface area contributed by atoms with Gasteiger partial charge in [0.25, 0.3) is 5.91 Å². The average molecular weight is 304 g/mol. The van der Waals surface area contributed by atoms with Crippen LogP contribution in [0.2, 0.25) is 0 Å². The maximum atomic E-state index is 13.2. The first-order valence-electron chi connectivity index (χ1n) is 6.91. The van der Waals surface area contributed by atoms with Crippen molar-refractivity contribution in [3.05, 3.63) is 65.2 Å². The summed E-state index contributed by atoms with van der Waals surface area (Å²) in [6, 6.07) is 10.3. The molecular formula is C17H18F2N2O. The molecular weight excluding hydrogens is 286 g/mol. The van der Waals surface area contributed by atoms with Crippen LogP contribution in [0.25, 0.3) is 0 Å². The van der Waals surface area contributed by atoms with Crippen LogP contribution in [0.1, 0.15) is 28.9 Å². The number of hydrogen-bond acceptors (Lipinski definition) is 2. The molecule has 0 spiro atoms. The summed E-state index contributed by atoms with van der Waals surface area (Å²) in [6.45, 7) is 1.72. The maximum absolute atomic E-state index is 13.2. The molecule has 0 aliphatic rings. The Morgan fingerprint density at radius 3 is 2.23 bits per heavy atom. The van der Waals surface area contributed by atoms with Crippen molar-refractivity contribution in [3.63, 3.8) is 0 Å². The molecule has 1 atom stereocenters. The molecule has 2 rings (SSSR count). The van der Waals surface area contributed by atoms with E-state index in [4.69, 9.17) is 0 Å². The van der Waals surface area contributed by atoms with E-state index in [1.165, 1.54) is 6.07 Å². The van der Waals surface area contributed by atoms with Crippen LogP contribution in [0.3, 0.4) is 0 Å². The number of carbonyl (C=O) groups excluding carboxylic acids is 1. The van der Waals surface area contributed by atoms with Gasteiger partial charge >= 0.3 is 0 Å². The largest absolute Gasteiger partial charge is 0.378 e. The van der Waals surface area contributed by atoms with Crippen molar-refractivity contribution in [1.82, 2.24) is 5.32 Å². The van der Waals surface area contributed by atoms with E-state index >= 15 is 0 Å². The fourth-order valence-electron chi connectivity index (χ4n) is 2.06. The lowest BCUT2D eigenvalue weighted by molar-refractivity contribution is 0.0940. The lowest BCUT2D eigenvalue weighted by Gasteiger charge is -2.16. The SMILES string of the molecule is C[C@H](NC(=O)c1ccc(N(C)C)cc1)c1ccc(F)c(F)c1. The summed E-state index contributed by atoms with van der Waals surface area (Å²) in [5, 5.41) is 2.77. The third kappa shape index (κ3) is 3.61. The summed E-state index contributed by atoms with van der Waals surface area (Å²) in [5.74, 6) is -2.09. The van der Waals surface area contributed by atoms with Crippen LogP contribution < -0.4 is 10.2 Å². The molecule has 1 amide bonds. The van der Waals surface area contributed by atoms with E-state index < -0.39 is 17.7 Å². The van der Waals surface area contributed by atoms with Crippen LogP contribution >= 0.6 is 0 Å². The Labute approximate surface area is 128 Å². The number of nitrogens with one attached hydrogen (secondary N) is 1. The van der Waals surface area contributed by atoms with Crippen molar-refractivity contribution in [1.29, 1.82) is 0 Å². The molecule has 2 aromatic rings. The van der Waals surface area contributed by atoms with Gasteiger partial charge in [-0.1, -0.05) is 6.07 Å². The summed E-state index contributed by atoms with van der Waals surface area (Å²) in [6.07, 6.45) is 0. The van der Waals surface area contributed by atoms with Gasteiger partial charge in [-0.2, -0.15) is 0 Å². The summed E-state index contributed by atoms with van der Waals surface area (Å²) in [4.78, 5) is 14.1. The molecule has 0 aliphatic carbocycles. The van der Waals surface area contributed by atoms with Crippen molar-refractivity contribution in [2.45, 2.75) is 13.0 Å². The van der Waals surface area contributed by atoms with Crippen LogP contribution in [0.5, 0.6) is 0 Å². The molecule has 0 saturated heterocycles. The van der Waals surface area contributed by atoms with Crippen molar-refractivity contribution in [3.8, 4) is 0 Å². The first kappa shape index (κ1) is 15.9. The zero-order valence-corrected chi connectivity index (χ0v) is 12.7. The molecule has 0 fully saturated rings. The molecule has 0 heterocycles. The highest BCUT2D eigenvalue weighted by molar-refractivity contribution is 5.94. The smallest absolute Gasteiger partial charge is 0.251 e. The Bertz CT molecular complexity index is 669. The second-order valence-electron chi connectivity index (χ2n) is 5.31. The Balaban J connectivity index is 2.08. The van der Waals surface area contributed by atoms with Crippen LogP contribution in [0, 0.1) is 11.6 Å². The molecule has 5 heteroatoms. The zero-order chi connectivity index (χ0) is 16.3. The van der Waals surface area contributed by atoms with E-state index in [2.05, 4.69) is 5.32 Å². The van der Waals surface area contributed by atoms with Crippen molar-refractivity contribution < 1.29 is 13.6 Å². The molecule has 1 N–H and O–H groups in total. The predicted molar refractivity (Wildman–Crippen MR) is 83.0 cm³/mol. The highest BCUT2D eigenvalue weighted by atomic mass is 19.2. The molecule has 116 valence electrons. The number of anilines is 1. The minimum Gasteiger partial charge on any atom is -0.378 e. The molecule has 22 heavy (non-hydrogen) atoms. The lowest BCUT2D eigenvalue weighted by atomic mass is 10.1. The van der Waals surface area contributed by atoms with Gasteiger partial charge in [0.05, 0.1) is 6.04 Å². The van der Waals surface area contributed by atoms with Crippen molar-refractivity contribution >= 4 is 11.6 Å². The fraction of sp³-hybridized carbons (Fsp3) is 0.235. The molecule has 2 aromatic carbocycles. The monoisotopic (exact) mass is 304 g/mol. The molecule has 0 saturated carbocycles. The van der Waals surface area contributed by atoms with Crippen molar-refractivity contribution in [2.75, 3.05) is 19.0 Å². The van der Waals surface area contributed by atoms with Crippen LogP contribution in [0.4, 0.5) is 14.5 Å². The zero-order valence-electron chi connectivity index (χ0n) is 12.7. The molecule has 0 unspecified atom stereocenters. The molecule has 0 radical (unpaired) electrons. The number of halogens is 2. The summed E-state index contributed by atoms with van der Waals surface area (Å²) >= 11 is 0. The first-order chi connectivity index (χ1) is 10.4. The highest BCUT2D eigenvalue weighted by Crippen LogP contribution is 2.17. The number of rotatable bonds is 4. The molecule has 0 aliphatic heterocycles. The Kier molecular flexibility index (Phi) is 4.75. The van der Waals surface area contributed by atoms with Gasteiger partial charge in [0.15, 0.2) is 11.6 Å². The third-order valence-corrected chi connectivity index (χ3v) is 3.44. The van der Waals surface area contributed by atoms with Gasteiger partial charge in [-0.3, -0.25) is 4.79 Å². The quantitative estimate of drug-likeness (QED) is 0.937. The molecule has 0 bridgehead atoms. The third-order valence-electron chi connectivity index (χ3n) is 3.44. The highest BCUT2D eigenvalue weighted by Gasteiger charge is 2.13. The average Bonchev–Trinajstić information content (AvgIpc) is 2.50. The van der Waals surface area contributed by atoms with Crippen LogP contribution in [0.15, 0.2) is 42.5 Å². The fourth-order valence-corrected chi connectivity index (χ4v) is 2.06. The number of carbonyl (C=O) groups is 1. The van der Waals surface area contributed by atoms with Crippen LogP contribution in [-0.4, -0.2) is 20.0 Å². The van der Waals surface area contributed by atoms with E-state index in [0.29, 0.717) is 11.1 Å². The van der Waals surface area contributed by atoms with Gasteiger partial charge in [-0.05, 0) is 48.9 Å². The number of nitrogens with zero attached hydrogens (tertiary/aromatic N) is 1. The second-order valence-corrected chi connectivity index (χ2v) is 5.31. The van der Waals surface area contributed by atoms with Gasteiger partial charge in [0.1, 0.15) is 0 Å². The Morgan fingerprint density at radius 1 is 1.05 bits per heavy atom. The van der Waals surface area contributed by atoms with Gasteiger partial charge in [0.2, 0.25) is 0 Å². The second kappa shape index (κ2) is 6.56. The minimum atomic E-state index is -0.922. The topological polar surface area (TPSA) is 32.3 Å². The summed E-state index contributed by atoms with van der Waals surface area (Å²) in [7, 11) is 3.83. The van der Waals surface area contributed by atoms with Gasteiger partial charge in [-0.25, -0.2) is 8.78 Å². The normalized spacial score (nSPS) is 11.9. The van der Waals surface area contributed by atoms with Gasteiger partial charge in [-0.15, -0.1) is 0 Å². The molecule has 3 nitrogen and oxygen atoms in total. The van der Waals surface area contributed by atoms with Gasteiger partial charge in [0, 0.05) is 25.3 Å². The Hall–Kier alpha value is -2.43. The van der Waals surface area contributed by atoms with Gasteiger partial charge < -0.3 is 10.2 Å².